The molecule has 0 atom stereocenters. The van der Waals surface area contributed by atoms with Gasteiger partial charge in [0.05, 0.1) is 0 Å². The minimum absolute atomic E-state index is 0.0596. The van der Waals surface area contributed by atoms with Crippen molar-refractivity contribution in [2.45, 2.75) is 11.7 Å². The van der Waals surface area contributed by atoms with Gasteiger partial charge in [0.2, 0.25) is 0 Å². The fraction of sp³-hybridized carbons (Fsp3) is 0.500. The zero-order valence-electron chi connectivity index (χ0n) is 4.26. The molecule has 1 amide bonds. The van der Waals surface area contributed by atoms with E-state index >= 15 is 0 Å². The molecule has 0 saturated carbocycles. The van der Waals surface area contributed by atoms with E-state index in [0.29, 0.717) is 26.1 Å². The van der Waals surface area contributed by atoms with E-state index in [0.717, 1.165) is 5.32 Å². The summed E-state index contributed by atoms with van der Waals surface area (Å²) < 4.78 is 0.550. The van der Waals surface area contributed by atoms with Crippen molar-refractivity contribution >= 4 is 25.6 Å². The Morgan fingerprint density at radius 1 is 1.75 bits per heavy atom. The number of carbonyl (C=O) groups excluding carboxylic acids is 1. The van der Waals surface area contributed by atoms with Crippen LogP contribution in [0.4, 0.5) is 0 Å². The summed E-state index contributed by atoms with van der Waals surface area (Å²) >= 11 is 0.300. The number of hydrogen-bond donors (Lipinski definition) is 1. The first-order valence-electron chi connectivity index (χ1n) is 2.29. The Morgan fingerprint density at radius 3 is 2.88 bits per heavy atom. The summed E-state index contributed by atoms with van der Waals surface area (Å²) in [5.74, 6) is -0.0596. The molecule has 0 saturated heterocycles. The van der Waals surface area contributed by atoms with E-state index in [1.54, 1.807) is 0 Å². The molecule has 0 aromatic carbocycles. The molecule has 1 aliphatic rings. The van der Waals surface area contributed by atoms with Crippen molar-refractivity contribution in [1.29, 1.82) is 0 Å². The van der Waals surface area contributed by atoms with Crippen LogP contribution in [0.3, 0.4) is 0 Å². The van der Waals surface area contributed by atoms with Crippen molar-refractivity contribution in [3.8, 4) is 0 Å². The van der Waals surface area contributed by atoms with E-state index in [1.807, 2.05) is 0 Å². The first kappa shape index (κ1) is 5.79. The van der Waals surface area contributed by atoms with E-state index in [9.17, 15) is 4.79 Å². The first-order valence-corrected chi connectivity index (χ1v) is 4.35. The van der Waals surface area contributed by atoms with E-state index in [1.165, 1.54) is 0 Å². The van der Waals surface area contributed by atoms with Crippen molar-refractivity contribution in [2.24, 2.45) is 10.7 Å². The molecule has 0 aliphatic carbocycles. The second-order valence-electron chi connectivity index (χ2n) is 1.44. The molecule has 0 radical (unpaired) electrons. The second kappa shape index (κ2) is 2.29. The summed E-state index contributed by atoms with van der Waals surface area (Å²) in [6, 6.07) is 0. The topological polar surface area (TPSA) is 55.4 Å². The Bertz CT molecular complexity index is 143. The number of amides is 1. The van der Waals surface area contributed by atoms with Crippen molar-refractivity contribution in [3.05, 3.63) is 0 Å². The van der Waals surface area contributed by atoms with Crippen molar-refractivity contribution < 1.29 is 4.79 Å². The molecular formula is C4H6N2OSe. The number of aliphatic imine (C=N–C) groups is 1. The molecule has 1 aliphatic heterocycles. The van der Waals surface area contributed by atoms with Crippen LogP contribution in [0.1, 0.15) is 6.42 Å². The van der Waals surface area contributed by atoms with Crippen LogP contribution in [0.2, 0.25) is 5.32 Å². The third-order valence-corrected chi connectivity index (χ3v) is 2.47. The molecule has 8 heavy (non-hydrogen) atoms. The molecule has 2 N–H and O–H groups in total. The van der Waals surface area contributed by atoms with Gasteiger partial charge in [0.15, 0.2) is 0 Å². The molecule has 4 heteroatoms. The van der Waals surface area contributed by atoms with Gasteiger partial charge in [0, 0.05) is 0 Å². The number of amidine groups is 1. The monoisotopic (exact) mass is 178 g/mol. The minimum atomic E-state index is -0.0596. The second-order valence-corrected chi connectivity index (χ2v) is 3.78. The van der Waals surface area contributed by atoms with Crippen LogP contribution in [0.5, 0.6) is 0 Å². The van der Waals surface area contributed by atoms with Gasteiger partial charge in [-0.1, -0.05) is 0 Å². The predicted octanol–water partition coefficient (Wildman–Crippen LogP) is -0.646. The van der Waals surface area contributed by atoms with Gasteiger partial charge in [0.1, 0.15) is 0 Å². The van der Waals surface area contributed by atoms with Gasteiger partial charge in [-0.05, 0) is 0 Å². The van der Waals surface area contributed by atoms with Crippen LogP contribution in [0, 0.1) is 0 Å². The molecule has 0 aromatic heterocycles. The Morgan fingerprint density at radius 2 is 2.50 bits per heavy atom. The van der Waals surface area contributed by atoms with E-state index in [2.05, 4.69) is 4.99 Å². The van der Waals surface area contributed by atoms with Crippen LogP contribution in [-0.4, -0.2) is 25.6 Å². The normalized spacial score (nSPS) is 20.5. The zero-order valence-corrected chi connectivity index (χ0v) is 5.97. The summed E-state index contributed by atoms with van der Waals surface area (Å²) in [5.41, 5.74) is 5.28. The van der Waals surface area contributed by atoms with Gasteiger partial charge in [-0.15, -0.1) is 0 Å². The summed E-state index contributed by atoms with van der Waals surface area (Å²) in [5, 5.41) is 0.932. The van der Waals surface area contributed by atoms with Crippen molar-refractivity contribution in [2.75, 3.05) is 0 Å². The zero-order chi connectivity index (χ0) is 5.98. The standard InChI is InChI=1S/C4H6N2OSe/c5-4-6-3(7)1-2-8-4/h1-2H2,(H2,5,6,7). The van der Waals surface area contributed by atoms with Gasteiger partial charge >= 0.3 is 52.9 Å². The van der Waals surface area contributed by atoms with Crippen molar-refractivity contribution in [3.63, 3.8) is 0 Å². The molecular weight excluding hydrogens is 171 g/mol. The quantitative estimate of drug-likeness (QED) is 0.500. The maximum atomic E-state index is 10.4. The molecule has 0 bridgehead atoms. The SMILES string of the molecule is NC1=NC(=O)CC[Se]1. The predicted molar refractivity (Wildman–Crippen MR) is 31.8 cm³/mol. The van der Waals surface area contributed by atoms with Gasteiger partial charge in [-0.2, -0.15) is 0 Å². The molecule has 3 nitrogen and oxygen atoms in total. The molecule has 0 aromatic rings. The fourth-order valence-corrected chi connectivity index (χ4v) is 1.82. The van der Waals surface area contributed by atoms with Crippen LogP contribution < -0.4 is 5.73 Å². The van der Waals surface area contributed by atoms with Gasteiger partial charge in [-0.25, -0.2) is 0 Å². The molecule has 44 valence electrons. The Hall–Kier alpha value is -0.341. The molecule has 1 rings (SSSR count). The Balaban J connectivity index is 2.64. The molecule has 0 spiro atoms. The average Bonchev–Trinajstić information content (AvgIpc) is 1.64. The number of hydrogen-bond acceptors (Lipinski definition) is 2. The third-order valence-electron chi connectivity index (χ3n) is 0.801. The van der Waals surface area contributed by atoms with Gasteiger partial charge in [0.25, 0.3) is 0 Å². The van der Waals surface area contributed by atoms with Crippen molar-refractivity contribution in [1.82, 2.24) is 0 Å². The Labute approximate surface area is 53.5 Å². The third kappa shape index (κ3) is 1.32. The average molecular weight is 177 g/mol. The maximum absolute atomic E-state index is 10.4. The molecule has 0 unspecified atom stereocenters. The fourth-order valence-electron chi connectivity index (χ4n) is 0.454. The number of nitrogens with zero attached hydrogens (tertiary/aromatic N) is 1. The number of carbonyl (C=O) groups is 1. The molecule has 0 fully saturated rings. The van der Waals surface area contributed by atoms with E-state index < -0.39 is 0 Å². The van der Waals surface area contributed by atoms with Gasteiger partial charge in [-0.3, -0.25) is 0 Å². The summed E-state index contributed by atoms with van der Waals surface area (Å²) in [6.45, 7) is 0. The van der Waals surface area contributed by atoms with Crippen LogP contribution in [0.25, 0.3) is 0 Å². The van der Waals surface area contributed by atoms with E-state index in [4.69, 9.17) is 5.73 Å². The van der Waals surface area contributed by atoms with Crippen LogP contribution in [-0.2, 0) is 4.79 Å². The summed E-state index contributed by atoms with van der Waals surface area (Å²) in [4.78, 5) is 14.0. The van der Waals surface area contributed by atoms with E-state index in [-0.39, 0.29) is 5.91 Å². The Kier molecular flexibility index (Phi) is 1.65. The summed E-state index contributed by atoms with van der Waals surface area (Å²) in [7, 11) is 0. The summed E-state index contributed by atoms with van der Waals surface area (Å²) in [6.07, 6.45) is 0.598. The number of rotatable bonds is 0. The first-order chi connectivity index (χ1) is 3.79. The molecule has 1 heterocycles. The van der Waals surface area contributed by atoms with Gasteiger partial charge < -0.3 is 0 Å². The van der Waals surface area contributed by atoms with Crippen LogP contribution >= 0.6 is 0 Å². The number of nitrogens with two attached hydrogens (primary N) is 1. The van der Waals surface area contributed by atoms with Crippen LogP contribution in [0.15, 0.2) is 4.99 Å².